The zero-order valence-electron chi connectivity index (χ0n) is 9.59. The summed E-state index contributed by atoms with van der Waals surface area (Å²) in [4.78, 5) is 0. The number of alkyl halides is 3. The maximum absolute atomic E-state index is 11.8. The Bertz CT molecular complexity index is 337. The Hall–Kier alpha value is -1.23. The lowest BCUT2D eigenvalue weighted by Gasteiger charge is -2.11. The van der Waals surface area contributed by atoms with E-state index >= 15 is 0 Å². The number of hydrogen-bond acceptors (Lipinski definition) is 2. The molecule has 0 spiro atoms. The molecule has 1 aromatic rings. The van der Waals surface area contributed by atoms with Gasteiger partial charge in [-0.3, -0.25) is 0 Å². The van der Waals surface area contributed by atoms with Crippen LogP contribution in [0.5, 0.6) is 5.75 Å². The van der Waals surface area contributed by atoms with Crippen LogP contribution in [-0.4, -0.2) is 26.0 Å². The summed E-state index contributed by atoms with van der Waals surface area (Å²) in [6.45, 7) is 0.804. The average Bonchev–Trinajstić information content (AvgIpc) is 2.27. The lowest BCUT2D eigenvalue weighted by Crippen LogP contribution is -2.19. The molecule has 0 saturated carbocycles. The van der Waals surface area contributed by atoms with Gasteiger partial charge < -0.3 is 9.47 Å². The second-order valence-corrected chi connectivity index (χ2v) is 3.48. The standard InChI is InChI=1S/C12H15F3O2/c1-2-10-5-3-4-6-11(10)17-8-7-16-9-12(13,14)15/h3-6H,2,7-9H2,1H3. The first kappa shape index (κ1) is 13.8. The van der Waals surface area contributed by atoms with Gasteiger partial charge in [-0.25, -0.2) is 0 Å². The van der Waals surface area contributed by atoms with Crippen molar-refractivity contribution in [2.75, 3.05) is 19.8 Å². The first-order valence-corrected chi connectivity index (χ1v) is 5.38. The van der Waals surface area contributed by atoms with Gasteiger partial charge in [0.05, 0.1) is 6.61 Å². The van der Waals surface area contributed by atoms with E-state index in [9.17, 15) is 13.2 Å². The summed E-state index contributed by atoms with van der Waals surface area (Å²) in [6, 6.07) is 7.44. The molecule has 0 aliphatic carbocycles. The van der Waals surface area contributed by atoms with E-state index in [1.54, 1.807) is 6.07 Å². The van der Waals surface area contributed by atoms with Gasteiger partial charge in [-0.05, 0) is 18.1 Å². The highest BCUT2D eigenvalue weighted by atomic mass is 19.4. The molecule has 2 nitrogen and oxygen atoms in total. The molecule has 96 valence electrons. The van der Waals surface area contributed by atoms with Crippen LogP contribution < -0.4 is 4.74 Å². The fourth-order valence-electron chi connectivity index (χ4n) is 1.34. The van der Waals surface area contributed by atoms with Crippen molar-refractivity contribution in [3.8, 4) is 5.75 Å². The van der Waals surface area contributed by atoms with E-state index in [2.05, 4.69) is 4.74 Å². The summed E-state index contributed by atoms with van der Waals surface area (Å²) in [7, 11) is 0. The molecule has 1 aromatic carbocycles. The number of hydrogen-bond donors (Lipinski definition) is 0. The molecular formula is C12H15F3O2. The van der Waals surface area contributed by atoms with Gasteiger partial charge in [0.15, 0.2) is 0 Å². The van der Waals surface area contributed by atoms with Crippen molar-refractivity contribution in [2.45, 2.75) is 19.5 Å². The van der Waals surface area contributed by atoms with Crippen LogP contribution in [0.15, 0.2) is 24.3 Å². The Morgan fingerprint density at radius 1 is 1.12 bits per heavy atom. The molecule has 0 aliphatic rings. The maximum Gasteiger partial charge on any atom is 0.411 e. The highest BCUT2D eigenvalue weighted by molar-refractivity contribution is 5.33. The molecule has 0 aromatic heterocycles. The van der Waals surface area contributed by atoms with Crippen molar-refractivity contribution in [1.29, 1.82) is 0 Å². The summed E-state index contributed by atoms with van der Waals surface area (Å²) in [5.74, 6) is 0.700. The fourth-order valence-corrected chi connectivity index (χ4v) is 1.34. The zero-order valence-corrected chi connectivity index (χ0v) is 9.59. The number of ether oxygens (including phenoxy) is 2. The minimum absolute atomic E-state index is 0.0719. The molecule has 0 saturated heterocycles. The molecule has 0 unspecified atom stereocenters. The second-order valence-electron chi connectivity index (χ2n) is 3.48. The van der Waals surface area contributed by atoms with Crippen molar-refractivity contribution in [1.82, 2.24) is 0 Å². The van der Waals surface area contributed by atoms with E-state index in [4.69, 9.17) is 4.74 Å². The molecule has 5 heteroatoms. The van der Waals surface area contributed by atoms with Crippen LogP contribution in [0, 0.1) is 0 Å². The number of aryl methyl sites for hydroxylation is 1. The van der Waals surface area contributed by atoms with Gasteiger partial charge >= 0.3 is 6.18 Å². The quantitative estimate of drug-likeness (QED) is 0.720. The van der Waals surface area contributed by atoms with Crippen LogP contribution >= 0.6 is 0 Å². The van der Waals surface area contributed by atoms with Crippen LogP contribution in [0.25, 0.3) is 0 Å². The summed E-state index contributed by atoms with van der Waals surface area (Å²) >= 11 is 0. The second kappa shape index (κ2) is 6.49. The lowest BCUT2D eigenvalue weighted by atomic mass is 10.1. The van der Waals surface area contributed by atoms with Gasteiger partial charge in [0.25, 0.3) is 0 Å². The van der Waals surface area contributed by atoms with Crippen LogP contribution in [0.3, 0.4) is 0 Å². The van der Waals surface area contributed by atoms with Crippen molar-refractivity contribution >= 4 is 0 Å². The lowest BCUT2D eigenvalue weighted by molar-refractivity contribution is -0.175. The molecule has 0 amide bonds. The molecule has 0 atom stereocenters. The Kier molecular flexibility index (Phi) is 5.28. The summed E-state index contributed by atoms with van der Waals surface area (Å²) in [5.41, 5.74) is 1.03. The van der Waals surface area contributed by atoms with Gasteiger partial charge in [-0.1, -0.05) is 25.1 Å². The molecule has 0 aliphatic heterocycles. The molecule has 0 radical (unpaired) electrons. The van der Waals surface area contributed by atoms with E-state index in [1.807, 2.05) is 25.1 Å². The Morgan fingerprint density at radius 2 is 1.82 bits per heavy atom. The molecule has 0 bridgehead atoms. The van der Waals surface area contributed by atoms with E-state index < -0.39 is 12.8 Å². The predicted octanol–water partition coefficient (Wildman–Crippen LogP) is 3.21. The number of benzene rings is 1. The van der Waals surface area contributed by atoms with Gasteiger partial charge in [0, 0.05) is 0 Å². The van der Waals surface area contributed by atoms with Crippen molar-refractivity contribution in [3.05, 3.63) is 29.8 Å². The topological polar surface area (TPSA) is 18.5 Å². The molecular weight excluding hydrogens is 233 g/mol. The first-order valence-electron chi connectivity index (χ1n) is 5.38. The van der Waals surface area contributed by atoms with Crippen molar-refractivity contribution < 1.29 is 22.6 Å². The highest BCUT2D eigenvalue weighted by Gasteiger charge is 2.27. The van der Waals surface area contributed by atoms with Crippen LogP contribution in [-0.2, 0) is 11.2 Å². The molecule has 0 N–H and O–H groups in total. The third-order valence-corrected chi connectivity index (χ3v) is 2.10. The average molecular weight is 248 g/mol. The van der Waals surface area contributed by atoms with Gasteiger partial charge in [-0.15, -0.1) is 0 Å². The molecule has 17 heavy (non-hydrogen) atoms. The van der Waals surface area contributed by atoms with Crippen LogP contribution in [0.1, 0.15) is 12.5 Å². The van der Waals surface area contributed by atoms with Gasteiger partial charge in [0.1, 0.15) is 19.0 Å². The largest absolute Gasteiger partial charge is 0.491 e. The summed E-state index contributed by atoms with van der Waals surface area (Å²) in [6.07, 6.45) is -3.46. The Balaban J connectivity index is 2.27. The third kappa shape index (κ3) is 5.58. The van der Waals surface area contributed by atoms with E-state index in [-0.39, 0.29) is 13.2 Å². The predicted molar refractivity (Wildman–Crippen MR) is 58.2 cm³/mol. The van der Waals surface area contributed by atoms with Crippen molar-refractivity contribution in [3.63, 3.8) is 0 Å². The normalized spacial score (nSPS) is 11.5. The van der Waals surface area contributed by atoms with Crippen LogP contribution in [0.4, 0.5) is 13.2 Å². The van der Waals surface area contributed by atoms with E-state index in [0.717, 1.165) is 12.0 Å². The number of rotatable bonds is 6. The maximum atomic E-state index is 11.8. The fraction of sp³-hybridized carbons (Fsp3) is 0.500. The zero-order chi connectivity index (χ0) is 12.7. The van der Waals surface area contributed by atoms with Crippen molar-refractivity contribution in [2.24, 2.45) is 0 Å². The van der Waals surface area contributed by atoms with Crippen LogP contribution in [0.2, 0.25) is 0 Å². The summed E-state index contributed by atoms with van der Waals surface area (Å²) < 4.78 is 45.1. The molecule has 1 rings (SSSR count). The van der Waals surface area contributed by atoms with E-state index in [0.29, 0.717) is 5.75 Å². The van der Waals surface area contributed by atoms with Gasteiger partial charge in [-0.2, -0.15) is 13.2 Å². The summed E-state index contributed by atoms with van der Waals surface area (Å²) in [5, 5.41) is 0. The minimum Gasteiger partial charge on any atom is -0.491 e. The van der Waals surface area contributed by atoms with E-state index in [1.165, 1.54) is 0 Å². The minimum atomic E-state index is -4.28. The Morgan fingerprint density at radius 3 is 2.47 bits per heavy atom. The smallest absolute Gasteiger partial charge is 0.411 e. The molecule has 0 fully saturated rings. The highest BCUT2D eigenvalue weighted by Crippen LogP contribution is 2.18. The SMILES string of the molecule is CCc1ccccc1OCCOCC(F)(F)F. The number of para-hydroxylation sites is 1. The monoisotopic (exact) mass is 248 g/mol. The first-order chi connectivity index (χ1) is 8.03. The third-order valence-electron chi connectivity index (χ3n) is 2.10. The number of halogens is 3. The van der Waals surface area contributed by atoms with Gasteiger partial charge in [0.2, 0.25) is 0 Å². The Labute approximate surface area is 98.3 Å². The molecule has 0 heterocycles.